The molecule has 0 saturated heterocycles. The van der Waals surface area contributed by atoms with Gasteiger partial charge in [-0.05, 0) is 36.1 Å². The summed E-state index contributed by atoms with van der Waals surface area (Å²) in [5, 5.41) is 9.29. The van der Waals surface area contributed by atoms with Crippen molar-refractivity contribution in [3.8, 4) is 16.8 Å². The maximum atomic E-state index is 14.2. The van der Waals surface area contributed by atoms with E-state index < -0.39 is 0 Å². The van der Waals surface area contributed by atoms with Crippen LogP contribution >= 0.6 is 11.3 Å². The van der Waals surface area contributed by atoms with Crippen molar-refractivity contribution in [2.75, 3.05) is 5.32 Å². The van der Waals surface area contributed by atoms with Crippen molar-refractivity contribution in [2.24, 2.45) is 7.05 Å². The molecule has 0 saturated carbocycles. The van der Waals surface area contributed by atoms with Crippen molar-refractivity contribution in [1.29, 1.82) is 0 Å². The summed E-state index contributed by atoms with van der Waals surface area (Å²) < 4.78 is 3.52. The predicted octanol–water partition coefficient (Wildman–Crippen LogP) is 4.96. The number of anilines is 1. The van der Waals surface area contributed by atoms with Gasteiger partial charge in [0.1, 0.15) is 16.7 Å². The fourth-order valence-electron chi connectivity index (χ4n) is 4.42. The van der Waals surface area contributed by atoms with E-state index in [2.05, 4.69) is 31.4 Å². The lowest BCUT2D eigenvalue weighted by Crippen LogP contribution is -2.26. The number of aryl methyl sites for hydroxylation is 1. The quantitative estimate of drug-likeness (QED) is 0.376. The highest BCUT2D eigenvalue weighted by Crippen LogP contribution is 2.30. The van der Waals surface area contributed by atoms with Crippen LogP contribution in [0.4, 0.5) is 5.82 Å². The van der Waals surface area contributed by atoms with Crippen LogP contribution < -0.4 is 10.9 Å². The zero-order valence-corrected chi connectivity index (χ0v) is 19.9. The van der Waals surface area contributed by atoms with Gasteiger partial charge < -0.3 is 5.32 Å². The second-order valence-electron chi connectivity index (χ2n) is 8.31. The van der Waals surface area contributed by atoms with E-state index >= 15 is 0 Å². The van der Waals surface area contributed by atoms with Crippen molar-refractivity contribution in [3.05, 3.63) is 94.9 Å². The number of fused-ring (bicyclic) bond motifs is 2. The maximum Gasteiger partial charge on any atom is 0.263 e. The van der Waals surface area contributed by atoms with Gasteiger partial charge in [-0.3, -0.25) is 14.0 Å². The lowest BCUT2D eigenvalue weighted by molar-refractivity contribution is 0.768. The second-order valence-corrected chi connectivity index (χ2v) is 9.15. The van der Waals surface area contributed by atoms with Crippen LogP contribution in [0.5, 0.6) is 0 Å². The summed E-state index contributed by atoms with van der Waals surface area (Å²) in [7, 11) is 1.87. The minimum absolute atomic E-state index is 0.0849. The van der Waals surface area contributed by atoms with Gasteiger partial charge in [-0.2, -0.15) is 5.10 Å². The van der Waals surface area contributed by atoms with Gasteiger partial charge in [0.15, 0.2) is 5.82 Å². The van der Waals surface area contributed by atoms with Crippen LogP contribution in [0.2, 0.25) is 0 Å². The number of benzene rings is 2. The van der Waals surface area contributed by atoms with E-state index in [0.29, 0.717) is 11.2 Å². The Morgan fingerprint density at radius 3 is 2.69 bits per heavy atom. The summed E-state index contributed by atoms with van der Waals surface area (Å²) in [4.78, 5) is 28.1. The molecule has 0 amide bonds. The molecule has 0 aliphatic heterocycles. The summed E-state index contributed by atoms with van der Waals surface area (Å²) in [6, 6.07) is 17.4. The molecule has 1 atom stereocenters. The van der Waals surface area contributed by atoms with E-state index in [-0.39, 0.29) is 11.6 Å². The third-order valence-corrected chi connectivity index (χ3v) is 6.77. The monoisotopic (exact) mass is 479 g/mol. The Kier molecular flexibility index (Phi) is 5.11. The van der Waals surface area contributed by atoms with Crippen molar-refractivity contribution in [1.82, 2.24) is 29.3 Å². The van der Waals surface area contributed by atoms with E-state index in [9.17, 15) is 4.79 Å². The average Bonchev–Trinajstić information content (AvgIpc) is 3.53. The van der Waals surface area contributed by atoms with Crippen molar-refractivity contribution in [3.63, 3.8) is 0 Å². The molecule has 0 bridgehead atoms. The van der Waals surface area contributed by atoms with Crippen LogP contribution in [0.1, 0.15) is 18.7 Å². The molecule has 35 heavy (non-hydrogen) atoms. The number of hydrogen-bond acceptors (Lipinski definition) is 7. The van der Waals surface area contributed by atoms with Gasteiger partial charge in [-0.15, -0.1) is 11.3 Å². The zero-order valence-electron chi connectivity index (χ0n) is 19.1. The third-order valence-electron chi connectivity index (χ3n) is 6.04. The summed E-state index contributed by atoms with van der Waals surface area (Å²) >= 11 is 1.47. The Bertz CT molecular complexity index is 1740. The van der Waals surface area contributed by atoms with Crippen molar-refractivity contribution in [2.45, 2.75) is 13.0 Å². The summed E-state index contributed by atoms with van der Waals surface area (Å²) in [6.45, 7) is 2.02. The molecular weight excluding hydrogens is 458 g/mol. The maximum absolute atomic E-state index is 14.2. The summed E-state index contributed by atoms with van der Waals surface area (Å²) in [6.07, 6.45) is 5.24. The molecule has 0 unspecified atom stereocenters. The molecule has 0 fully saturated rings. The normalized spacial score (nSPS) is 12.3. The van der Waals surface area contributed by atoms with Gasteiger partial charge in [0, 0.05) is 30.2 Å². The molecule has 0 spiro atoms. The highest BCUT2D eigenvalue weighted by atomic mass is 32.1. The van der Waals surface area contributed by atoms with Gasteiger partial charge in [0.25, 0.3) is 5.56 Å². The molecule has 0 radical (unpaired) electrons. The number of rotatable bonds is 5. The van der Waals surface area contributed by atoms with Gasteiger partial charge in [0.05, 0.1) is 23.1 Å². The first kappa shape index (κ1) is 21.2. The van der Waals surface area contributed by atoms with Gasteiger partial charge in [-0.1, -0.05) is 36.4 Å². The lowest BCUT2D eigenvalue weighted by Gasteiger charge is -2.22. The SMILES string of the molecule is C[C@H](Nc1ncnc2scnc12)c1cc2cccc(-c3cnn(C)c3)c2c(=O)n1-c1ccccc1. The van der Waals surface area contributed by atoms with Crippen molar-refractivity contribution < 1.29 is 0 Å². The molecule has 1 N–H and O–H groups in total. The Hall–Kier alpha value is -4.37. The van der Waals surface area contributed by atoms with E-state index in [0.717, 1.165) is 38.2 Å². The largest absolute Gasteiger partial charge is 0.360 e. The van der Waals surface area contributed by atoms with Crippen LogP contribution in [0, 0.1) is 0 Å². The smallest absolute Gasteiger partial charge is 0.263 e. The molecule has 0 aliphatic carbocycles. The van der Waals surface area contributed by atoms with Crippen LogP contribution in [0.3, 0.4) is 0 Å². The van der Waals surface area contributed by atoms with Crippen LogP contribution in [-0.4, -0.2) is 29.3 Å². The molecule has 172 valence electrons. The highest BCUT2D eigenvalue weighted by molar-refractivity contribution is 7.16. The van der Waals surface area contributed by atoms with E-state index in [1.54, 1.807) is 21.0 Å². The average molecular weight is 480 g/mol. The lowest BCUT2D eigenvalue weighted by atomic mass is 9.99. The minimum Gasteiger partial charge on any atom is -0.360 e. The first-order valence-electron chi connectivity index (χ1n) is 11.1. The number of nitrogens with one attached hydrogen (secondary N) is 1. The van der Waals surface area contributed by atoms with E-state index in [1.165, 1.54) is 17.7 Å². The molecule has 0 aliphatic rings. The standard InChI is InChI=1S/C26H21N7OS/c1-16(31-24-23-25(28-14-27-24)35-15-29-23)21-11-17-7-6-10-20(18-12-30-32(2)13-18)22(17)26(34)33(21)19-8-4-3-5-9-19/h3-16H,1-2H3,(H,27,28,31)/t16-/m0/s1. The molecule has 4 aromatic heterocycles. The Morgan fingerprint density at radius 1 is 1.03 bits per heavy atom. The number of para-hydroxylation sites is 1. The molecular formula is C26H21N7OS. The fourth-order valence-corrected chi connectivity index (χ4v) is 5.05. The summed E-state index contributed by atoms with van der Waals surface area (Å²) in [5.41, 5.74) is 5.77. The van der Waals surface area contributed by atoms with Crippen LogP contribution in [0.15, 0.2) is 83.6 Å². The number of pyridine rings is 1. The molecule has 9 heteroatoms. The molecule has 6 rings (SSSR count). The number of nitrogens with zero attached hydrogens (tertiary/aromatic N) is 6. The Balaban J connectivity index is 1.57. The number of thiazole rings is 1. The zero-order chi connectivity index (χ0) is 23.9. The van der Waals surface area contributed by atoms with E-state index in [4.69, 9.17) is 0 Å². The first-order chi connectivity index (χ1) is 17.1. The number of aromatic nitrogens is 6. The predicted molar refractivity (Wildman–Crippen MR) is 139 cm³/mol. The molecule has 6 aromatic rings. The van der Waals surface area contributed by atoms with Gasteiger partial charge in [0.2, 0.25) is 0 Å². The second kappa shape index (κ2) is 8.44. The fraction of sp³-hybridized carbons (Fsp3) is 0.115. The summed E-state index contributed by atoms with van der Waals surface area (Å²) in [5.74, 6) is 0.639. The Labute approximate surface area is 204 Å². The topological polar surface area (TPSA) is 90.5 Å². The highest BCUT2D eigenvalue weighted by Gasteiger charge is 2.20. The van der Waals surface area contributed by atoms with Gasteiger partial charge in [-0.25, -0.2) is 15.0 Å². The van der Waals surface area contributed by atoms with Gasteiger partial charge >= 0.3 is 0 Å². The van der Waals surface area contributed by atoms with Crippen molar-refractivity contribution >= 4 is 38.3 Å². The Morgan fingerprint density at radius 2 is 1.89 bits per heavy atom. The third kappa shape index (κ3) is 3.66. The van der Waals surface area contributed by atoms with Crippen LogP contribution in [0.25, 0.3) is 37.9 Å². The molecule has 8 nitrogen and oxygen atoms in total. The van der Waals surface area contributed by atoms with E-state index in [1.807, 2.05) is 68.7 Å². The molecule has 2 aromatic carbocycles. The minimum atomic E-state index is -0.242. The van der Waals surface area contributed by atoms with Crippen LogP contribution in [-0.2, 0) is 7.05 Å². The first-order valence-corrected chi connectivity index (χ1v) is 12.0. The number of hydrogen-bond donors (Lipinski definition) is 1. The molecule has 4 heterocycles.